The molecule has 7 heteroatoms. The van der Waals surface area contributed by atoms with Gasteiger partial charge >= 0.3 is 0 Å². The van der Waals surface area contributed by atoms with E-state index in [1.54, 1.807) is 26.4 Å². The van der Waals surface area contributed by atoms with Crippen molar-refractivity contribution in [2.24, 2.45) is 0 Å². The van der Waals surface area contributed by atoms with Crippen LogP contribution in [0.4, 0.5) is 5.69 Å². The molecule has 0 radical (unpaired) electrons. The molecule has 0 spiro atoms. The topological polar surface area (TPSA) is 60.5 Å². The summed E-state index contributed by atoms with van der Waals surface area (Å²) >= 11 is 7.43. The number of rotatable bonds is 6. The summed E-state index contributed by atoms with van der Waals surface area (Å²) in [5.41, 5.74) is 3.30. The smallest absolute Gasteiger partial charge is 0.230 e. The highest BCUT2D eigenvalue weighted by Crippen LogP contribution is 2.33. The van der Waals surface area contributed by atoms with Gasteiger partial charge < -0.3 is 14.8 Å². The highest BCUT2D eigenvalue weighted by Gasteiger charge is 2.12. The van der Waals surface area contributed by atoms with Gasteiger partial charge in [0, 0.05) is 21.7 Å². The molecule has 0 saturated heterocycles. The maximum Gasteiger partial charge on any atom is 0.230 e. The van der Waals surface area contributed by atoms with E-state index < -0.39 is 0 Å². The SMILES string of the molecule is COc1ccc(-c2nc(CC(=O)Nc3ccc(Cl)cc3C)cs2)cc1OC. The number of halogens is 1. The Bertz CT molecular complexity index is 972. The molecule has 0 unspecified atom stereocenters. The van der Waals surface area contributed by atoms with Gasteiger partial charge in [-0.05, 0) is 48.9 Å². The first-order valence-electron chi connectivity index (χ1n) is 8.23. The number of methoxy groups -OCH3 is 2. The van der Waals surface area contributed by atoms with Crippen molar-refractivity contribution in [1.29, 1.82) is 0 Å². The molecule has 140 valence electrons. The average molecular weight is 403 g/mol. The number of aryl methyl sites for hydroxylation is 1. The quantitative estimate of drug-likeness (QED) is 0.632. The third kappa shape index (κ3) is 4.59. The molecule has 3 rings (SSSR count). The van der Waals surface area contributed by atoms with Gasteiger partial charge in [0.05, 0.1) is 26.3 Å². The summed E-state index contributed by atoms with van der Waals surface area (Å²) in [4.78, 5) is 16.9. The first-order chi connectivity index (χ1) is 13.0. The van der Waals surface area contributed by atoms with Gasteiger partial charge in [-0.1, -0.05) is 11.6 Å². The van der Waals surface area contributed by atoms with Crippen LogP contribution in [0, 0.1) is 6.92 Å². The van der Waals surface area contributed by atoms with Crippen molar-refractivity contribution < 1.29 is 14.3 Å². The molecule has 5 nitrogen and oxygen atoms in total. The third-order valence-electron chi connectivity index (χ3n) is 3.99. The van der Waals surface area contributed by atoms with Crippen LogP contribution in [0.3, 0.4) is 0 Å². The molecule has 27 heavy (non-hydrogen) atoms. The van der Waals surface area contributed by atoms with E-state index in [1.807, 2.05) is 36.6 Å². The van der Waals surface area contributed by atoms with E-state index in [0.717, 1.165) is 21.8 Å². The minimum absolute atomic E-state index is 0.121. The largest absolute Gasteiger partial charge is 0.493 e. The number of anilines is 1. The maximum absolute atomic E-state index is 12.3. The summed E-state index contributed by atoms with van der Waals surface area (Å²) in [5, 5.41) is 6.25. The maximum atomic E-state index is 12.3. The normalized spacial score (nSPS) is 10.5. The van der Waals surface area contributed by atoms with Crippen LogP contribution in [0.25, 0.3) is 10.6 Å². The lowest BCUT2D eigenvalue weighted by atomic mass is 10.2. The van der Waals surface area contributed by atoms with Crippen LogP contribution in [-0.2, 0) is 11.2 Å². The van der Waals surface area contributed by atoms with Crippen molar-refractivity contribution in [2.45, 2.75) is 13.3 Å². The molecule has 1 amide bonds. The molecule has 0 bridgehead atoms. The number of amides is 1. The molecule has 3 aromatic rings. The Morgan fingerprint density at radius 3 is 2.63 bits per heavy atom. The number of thiazole rings is 1. The third-order valence-corrected chi connectivity index (χ3v) is 5.16. The van der Waals surface area contributed by atoms with Crippen molar-refractivity contribution in [3.63, 3.8) is 0 Å². The second-order valence-electron chi connectivity index (χ2n) is 5.90. The zero-order valence-corrected chi connectivity index (χ0v) is 16.8. The van der Waals surface area contributed by atoms with Crippen LogP contribution in [0.1, 0.15) is 11.3 Å². The number of carbonyl (C=O) groups excluding carboxylic acids is 1. The van der Waals surface area contributed by atoms with Gasteiger partial charge in [-0.2, -0.15) is 0 Å². The van der Waals surface area contributed by atoms with Crippen LogP contribution in [0.5, 0.6) is 11.5 Å². The predicted molar refractivity (Wildman–Crippen MR) is 109 cm³/mol. The summed E-state index contributed by atoms with van der Waals surface area (Å²) in [7, 11) is 3.19. The average Bonchev–Trinajstić information content (AvgIpc) is 3.11. The second-order valence-corrected chi connectivity index (χ2v) is 7.19. The molecule has 1 N–H and O–H groups in total. The van der Waals surface area contributed by atoms with E-state index in [9.17, 15) is 4.79 Å². The lowest BCUT2D eigenvalue weighted by molar-refractivity contribution is -0.115. The Balaban J connectivity index is 1.71. The summed E-state index contributed by atoms with van der Waals surface area (Å²) in [5.74, 6) is 1.18. The lowest BCUT2D eigenvalue weighted by Gasteiger charge is -2.08. The van der Waals surface area contributed by atoms with Crippen molar-refractivity contribution >= 4 is 34.5 Å². The van der Waals surface area contributed by atoms with Gasteiger partial charge in [0.2, 0.25) is 5.91 Å². The Morgan fingerprint density at radius 2 is 1.93 bits per heavy atom. The Hall–Kier alpha value is -2.57. The highest BCUT2D eigenvalue weighted by molar-refractivity contribution is 7.13. The number of hydrogen-bond acceptors (Lipinski definition) is 5. The first-order valence-corrected chi connectivity index (χ1v) is 9.48. The summed E-state index contributed by atoms with van der Waals surface area (Å²) in [6, 6.07) is 11.0. The number of hydrogen-bond donors (Lipinski definition) is 1. The van der Waals surface area contributed by atoms with Crippen molar-refractivity contribution in [1.82, 2.24) is 4.98 Å². The van der Waals surface area contributed by atoms with E-state index in [0.29, 0.717) is 22.2 Å². The van der Waals surface area contributed by atoms with Crippen LogP contribution in [0.2, 0.25) is 5.02 Å². The minimum atomic E-state index is -0.121. The Kier molecular flexibility index (Phi) is 5.98. The number of nitrogens with zero attached hydrogens (tertiary/aromatic N) is 1. The van der Waals surface area contributed by atoms with Gasteiger partial charge in [0.1, 0.15) is 5.01 Å². The van der Waals surface area contributed by atoms with E-state index >= 15 is 0 Å². The van der Waals surface area contributed by atoms with Crippen molar-refractivity contribution in [2.75, 3.05) is 19.5 Å². The standard InChI is InChI=1S/C20H19ClN2O3S/c1-12-8-14(21)5-6-16(12)23-19(24)10-15-11-27-20(22-15)13-4-7-17(25-2)18(9-13)26-3/h4-9,11H,10H2,1-3H3,(H,23,24). The summed E-state index contributed by atoms with van der Waals surface area (Å²) in [6.07, 6.45) is 0.200. The number of aromatic nitrogens is 1. The molecule has 0 fully saturated rings. The molecule has 0 aliphatic rings. The highest BCUT2D eigenvalue weighted by atomic mass is 35.5. The van der Waals surface area contributed by atoms with Gasteiger partial charge in [-0.15, -0.1) is 11.3 Å². The number of carbonyl (C=O) groups is 1. The van der Waals surface area contributed by atoms with Crippen molar-refractivity contribution in [3.8, 4) is 22.1 Å². The molecule has 0 aliphatic carbocycles. The second kappa shape index (κ2) is 8.41. The number of ether oxygens (including phenoxy) is 2. The lowest BCUT2D eigenvalue weighted by Crippen LogP contribution is -2.15. The predicted octanol–water partition coefficient (Wildman–Crippen LogP) is 4.97. The minimum Gasteiger partial charge on any atom is -0.493 e. The molecular formula is C20H19ClN2O3S. The molecule has 2 aromatic carbocycles. The zero-order valence-electron chi connectivity index (χ0n) is 15.2. The van der Waals surface area contributed by atoms with Gasteiger partial charge in [0.25, 0.3) is 0 Å². The monoisotopic (exact) mass is 402 g/mol. The molecule has 1 heterocycles. The molecule has 0 atom stereocenters. The fourth-order valence-electron chi connectivity index (χ4n) is 2.62. The fourth-order valence-corrected chi connectivity index (χ4v) is 3.66. The van der Waals surface area contributed by atoms with Crippen LogP contribution in [0.15, 0.2) is 41.8 Å². The van der Waals surface area contributed by atoms with Crippen LogP contribution >= 0.6 is 22.9 Å². The van der Waals surface area contributed by atoms with Gasteiger partial charge in [-0.3, -0.25) is 4.79 Å². The van der Waals surface area contributed by atoms with Crippen LogP contribution < -0.4 is 14.8 Å². The van der Waals surface area contributed by atoms with E-state index in [1.165, 1.54) is 11.3 Å². The molecule has 0 aliphatic heterocycles. The zero-order chi connectivity index (χ0) is 19.4. The molecular weight excluding hydrogens is 384 g/mol. The van der Waals surface area contributed by atoms with E-state index in [2.05, 4.69) is 10.3 Å². The van der Waals surface area contributed by atoms with Crippen molar-refractivity contribution in [3.05, 3.63) is 58.1 Å². The summed E-state index contributed by atoms with van der Waals surface area (Å²) < 4.78 is 10.6. The van der Waals surface area contributed by atoms with E-state index in [4.69, 9.17) is 21.1 Å². The van der Waals surface area contributed by atoms with Crippen LogP contribution in [-0.4, -0.2) is 25.1 Å². The summed E-state index contributed by atoms with van der Waals surface area (Å²) in [6.45, 7) is 1.90. The first kappa shape index (κ1) is 19.2. The van der Waals surface area contributed by atoms with Gasteiger partial charge in [0.15, 0.2) is 11.5 Å². The Morgan fingerprint density at radius 1 is 1.15 bits per heavy atom. The molecule has 1 aromatic heterocycles. The number of nitrogens with one attached hydrogen (secondary N) is 1. The molecule has 0 saturated carbocycles. The van der Waals surface area contributed by atoms with E-state index in [-0.39, 0.29) is 12.3 Å². The fraction of sp³-hybridized carbons (Fsp3) is 0.200. The van der Waals surface area contributed by atoms with Gasteiger partial charge in [-0.25, -0.2) is 4.98 Å². The number of benzene rings is 2. The Labute approximate surface area is 166 Å².